The lowest BCUT2D eigenvalue weighted by Gasteiger charge is -2.24. The Morgan fingerprint density at radius 3 is 2.65 bits per heavy atom. The Bertz CT molecular complexity index is 739. The molecule has 0 aliphatic heterocycles. The highest BCUT2D eigenvalue weighted by molar-refractivity contribution is 7.14. The highest BCUT2D eigenvalue weighted by Gasteiger charge is 2.28. The van der Waals surface area contributed by atoms with Gasteiger partial charge in [-0.2, -0.15) is 0 Å². The molecule has 138 valence electrons. The fourth-order valence-electron chi connectivity index (χ4n) is 3.37. The Labute approximate surface area is 158 Å². The van der Waals surface area contributed by atoms with Gasteiger partial charge in [0.15, 0.2) is 5.13 Å². The third-order valence-corrected chi connectivity index (χ3v) is 5.42. The predicted octanol–water partition coefficient (Wildman–Crippen LogP) is 4.18. The highest BCUT2D eigenvalue weighted by atomic mass is 32.1. The molecule has 26 heavy (non-hydrogen) atoms. The van der Waals surface area contributed by atoms with E-state index in [4.69, 9.17) is 0 Å². The van der Waals surface area contributed by atoms with E-state index >= 15 is 0 Å². The van der Waals surface area contributed by atoms with Crippen molar-refractivity contribution < 1.29 is 9.59 Å². The molecule has 1 fully saturated rings. The molecule has 0 unspecified atom stereocenters. The van der Waals surface area contributed by atoms with Crippen LogP contribution >= 0.6 is 11.3 Å². The molecular formula is C20H25N3O2S. The van der Waals surface area contributed by atoms with Gasteiger partial charge < -0.3 is 10.2 Å². The zero-order valence-electron chi connectivity index (χ0n) is 15.1. The molecule has 1 N–H and O–H groups in total. The summed E-state index contributed by atoms with van der Waals surface area (Å²) in [5.74, 6) is 0.0428. The number of thiazole rings is 1. The Hall–Kier alpha value is -2.21. The minimum absolute atomic E-state index is 0.0962. The average Bonchev–Trinajstić information content (AvgIpc) is 3.33. The van der Waals surface area contributed by atoms with Crippen LogP contribution in [0.15, 0.2) is 35.7 Å². The van der Waals surface area contributed by atoms with E-state index in [-0.39, 0.29) is 24.3 Å². The van der Waals surface area contributed by atoms with Crippen LogP contribution in [0.1, 0.15) is 39.0 Å². The molecule has 0 spiro atoms. The van der Waals surface area contributed by atoms with Crippen LogP contribution in [0, 0.1) is 5.92 Å². The van der Waals surface area contributed by atoms with Gasteiger partial charge in [-0.1, -0.05) is 50.1 Å². The van der Waals surface area contributed by atoms with Crippen molar-refractivity contribution in [2.24, 2.45) is 5.92 Å². The molecule has 2 aromatic rings. The summed E-state index contributed by atoms with van der Waals surface area (Å²) in [6.45, 7) is 2.75. The number of anilines is 1. The van der Waals surface area contributed by atoms with E-state index in [2.05, 4.69) is 10.3 Å². The molecule has 3 rings (SSSR count). The van der Waals surface area contributed by atoms with Crippen LogP contribution in [-0.4, -0.2) is 34.8 Å². The number of amides is 2. The lowest BCUT2D eigenvalue weighted by Crippen LogP contribution is -2.41. The van der Waals surface area contributed by atoms with Crippen molar-refractivity contribution >= 4 is 28.3 Å². The standard InChI is InChI=1S/C20H25N3O2S/c1-2-12-23(19(25)16-10-6-7-11-16)13-18(24)22-20-21-17(14-26-20)15-8-4-3-5-9-15/h3-5,8-9,14,16H,2,6-7,10-13H2,1H3,(H,21,22,24). The molecule has 2 amide bonds. The monoisotopic (exact) mass is 371 g/mol. The molecule has 5 nitrogen and oxygen atoms in total. The summed E-state index contributed by atoms with van der Waals surface area (Å²) in [6, 6.07) is 9.87. The summed E-state index contributed by atoms with van der Waals surface area (Å²) >= 11 is 1.40. The number of rotatable bonds is 7. The smallest absolute Gasteiger partial charge is 0.245 e. The van der Waals surface area contributed by atoms with Gasteiger partial charge in [-0.05, 0) is 19.3 Å². The number of hydrogen-bond donors (Lipinski definition) is 1. The maximum absolute atomic E-state index is 12.6. The van der Waals surface area contributed by atoms with Crippen LogP contribution in [0.2, 0.25) is 0 Å². The first-order valence-electron chi connectivity index (χ1n) is 9.27. The second-order valence-corrected chi connectivity index (χ2v) is 7.55. The Balaban J connectivity index is 1.60. The zero-order chi connectivity index (χ0) is 18.4. The van der Waals surface area contributed by atoms with Gasteiger partial charge in [0.1, 0.15) is 0 Å². The number of carbonyl (C=O) groups excluding carboxylic acids is 2. The minimum atomic E-state index is -0.182. The van der Waals surface area contributed by atoms with Crippen molar-refractivity contribution in [1.29, 1.82) is 0 Å². The average molecular weight is 372 g/mol. The summed E-state index contributed by atoms with van der Waals surface area (Å²) in [6.07, 6.45) is 4.98. The third-order valence-electron chi connectivity index (χ3n) is 4.66. The second-order valence-electron chi connectivity index (χ2n) is 6.69. The van der Waals surface area contributed by atoms with E-state index in [0.29, 0.717) is 11.7 Å². The van der Waals surface area contributed by atoms with E-state index in [1.807, 2.05) is 42.6 Å². The highest BCUT2D eigenvalue weighted by Crippen LogP contribution is 2.27. The fourth-order valence-corrected chi connectivity index (χ4v) is 4.11. The molecule has 1 aromatic heterocycles. The molecule has 6 heteroatoms. The molecular weight excluding hydrogens is 346 g/mol. The predicted molar refractivity (Wildman–Crippen MR) is 105 cm³/mol. The van der Waals surface area contributed by atoms with Crippen LogP contribution in [0.4, 0.5) is 5.13 Å². The number of benzene rings is 1. The molecule has 1 heterocycles. The Kier molecular flexibility index (Phi) is 6.39. The summed E-state index contributed by atoms with van der Waals surface area (Å²) in [7, 11) is 0. The second kappa shape index (κ2) is 8.94. The summed E-state index contributed by atoms with van der Waals surface area (Å²) < 4.78 is 0. The molecule has 0 saturated heterocycles. The van der Waals surface area contributed by atoms with Crippen molar-refractivity contribution in [1.82, 2.24) is 9.88 Å². The van der Waals surface area contributed by atoms with Gasteiger partial charge in [-0.15, -0.1) is 11.3 Å². The van der Waals surface area contributed by atoms with Crippen molar-refractivity contribution in [2.45, 2.75) is 39.0 Å². The lowest BCUT2D eigenvalue weighted by molar-refractivity contribution is -0.138. The maximum atomic E-state index is 12.6. The van der Waals surface area contributed by atoms with E-state index in [1.54, 1.807) is 4.90 Å². The maximum Gasteiger partial charge on any atom is 0.245 e. The first-order chi connectivity index (χ1) is 12.7. The van der Waals surface area contributed by atoms with Crippen LogP contribution in [0.3, 0.4) is 0 Å². The first-order valence-corrected chi connectivity index (χ1v) is 10.1. The normalized spacial score (nSPS) is 14.3. The summed E-state index contributed by atoms with van der Waals surface area (Å²) in [5.41, 5.74) is 1.87. The lowest BCUT2D eigenvalue weighted by atomic mass is 10.1. The minimum Gasteiger partial charge on any atom is -0.333 e. The molecule has 0 radical (unpaired) electrons. The van der Waals surface area contributed by atoms with Crippen LogP contribution in [0.5, 0.6) is 0 Å². The summed E-state index contributed by atoms with van der Waals surface area (Å²) in [4.78, 5) is 31.3. The van der Waals surface area contributed by atoms with Crippen molar-refractivity contribution in [3.05, 3.63) is 35.7 Å². The molecule has 0 bridgehead atoms. The molecule has 1 aliphatic carbocycles. The zero-order valence-corrected chi connectivity index (χ0v) is 15.9. The molecule has 0 atom stereocenters. The van der Waals surface area contributed by atoms with Gasteiger partial charge in [0.25, 0.3) is 0 Å². The van der Waals surface area contributed by atoms with Gasteiger partial charge in [-0.25, -0.2) is 4.98 Å². The van der Waals surface area contributed by atoms with Crippen LogP contribution in [-0.2, 0) is 9.59 Å². The SMILES string of the molecule is CCCN(CC(=O)Nc1nc(-c2ccccc2)cs1)C(=O)C1CCCC1. The molecule has 1 aliphatic rings. The van der Waals surface area contributed by atoms with Crippen molar-refractivity contribution in [3.8, 4) is 11.3 Å². The van der Waals surface area contributed by atoms with Crippen LogP contribution < -0.4 is 5.32 Å². The Morgan fingerprint density at radius 1 is 1.23 bits per heavy atom. The number of hydrogen-bond acceptors (Lipinski definition) is 4. The number of carbonyl (C=O) groups is 2. The number of aromatic nitrogens is 1. The molecule has 1 aromatic carbocycles. The Morgan fingerprint density at radius 2 is 1.96 bits per heavy atom. The van der Waals surface area contributed by atoms with Crippen molar-refractivity contribution in [2.75, 3.05) is 18.4 Å². The summed E-state index contributed by atoms with van der Waals surface area (Å²) in [5, 5.41) is 5.34. The van der Waals surface area contributed by atoms with E-state index < -0.39 is 0 Å². The van der Waals surface area contributed by atoms with Gasteiger partial charge in [0, 0.05) is 23.4 Å². The van der Waals surface area contributed by atoms with Gasteiger partial charge in [0.05, 0.1) is 12.2 Å². The quantitative estimate of drug-likeness (QED) is 0.794. The topological polar surface area (TPSA) is 62.3 Å². The van der Waals surface area contributed by atoms with Gasteiger partial charge in [0.2, 0.25) is 11.8 Å². The fraction of sp³-hybridized carbons (Fsp3) is 0.450. The third kappa shape index (κ3) is 4.69. The van der Waals surface area contributed by atoms with E-state index in [0.717, 1.165) is 43.4 Å². The van der Waals surface area contributed by atoms with E-state index in [1.165, 1.54) is 11.3 Å². The van der Waals surface area contributed by atoms with E-state index in [9.17, 15) is 9.59 Å². The van der Waals surface area contributed by atoms with Gasteiger partial charge in [-0.3, -0.25) is 9.59 Å². The first kappa shape index (κ1) is 18.6. The van der Waals surface area contributed by atoms with Crippen molar-refractivity contribution in [3.63, 3.8) is 0 Å². The molecule has 1 saturated carbocycles. The van der Waals surface area contributed by atoms with Crippen LogP contribution in [0.25, 0.3) is 11.3 Å². The number of nitrogens with one attached hydrogen (secondary N) is 1. The largest absolute Gasteiger partial charge is 0.333 e. The number of nitrogens with zero attached hydrogens (tertiary/aromatic N) is 2. The van der Waals surface area contributed by atoms with Gasteiger partial charge >= 0.3 is 0 Å².